The monoisotopic (exact) mass is 392 g/mol. The van der Waals surface area contributed by atoms with Gasteiger partial charge in [0, 0.05) is 20.1 Å². The molecule has 0 spiro atoms. The highest BCUT2D eigenvalue weighted by atomic mass is 127. The van der Waals surface area contributed by atoms with Crippen molar-refractivity contribution in [1.82, 2.24) is 25.4 Å². The third kappa shape index (κ3) is 4.92. The van der Waals surface area contributed by atoms with Gasteiger partial charge in [-0.25, -0.2) is 4.98 Å². The molecule has 7 heteroatoms. The molecule has 1 aliphatic rings. The summed E-state index contributed by atoms with van der Waals surface area (Å²) in [6.45, 7) is 2.97. The van der Waals surface area contributed by atoms with E-state index in [-0.39, 0.29) is 24.0 Å². The van der Waals surface area contributed by atoms with Crippen LogP contribution in [-0.2, 0) is 13.6 Å². The lowest BCUT2D eigenvalue weighted by atomic mass is 9.87. The third-order valence-electron chi connectivity index (χ3n) is 3.80. The van der Waals surface area contributed by atoms with Gasteiger partial charge in [0.1, 0.15) is 12.2 Å². The molecule has 1 aliphatic carbocycles. The number of aryl methyl sites for hydroxylation is 1. The van der Waals surface area contributed by atoms with Crippen LogP contribution in [0.25, 0.3) is 0 Å². The second-order valence-corrected chi connectivity index (χ2v) is 5.33. The van der Waals surface area contributed by atoms with Crippen molar-refractivity contribution in [1.29, 1.82) is 0 Å². The standard InChI is InChI=1S/C13H24N6.HI/c1-10-4-6-11(7-5-10)18-13(14-2)15-8-12-16-9-17-19(12)3;/h9-11H,4-8H2,1-3H3,(H2,14,15,18);1H. The highest BCUT2D eigenvalue weighted by Gasteiger charge is 2.18. The minimum Gasteiger partial charge on any atom is -0.354 e. The normalized spacial score (nSPS) is 23.1. The molecule has 20 heavy (non-hydrogen) atoms. The fourth-order valence-electron chi connectivity index (χ4n) is 2.44. The van der Waals surface area contributed by atoms with Crippen molar-refractivity contribution in [2.45, 2.75) is 45.2 Å². The highest BCUT2D eigenvalue weighted by molar-refractivity contribution is 14.0. The van der Waals surface area contributed by atoms with Crippen LogP contribution in [0.2, 0.25) is 0 Å². The van der Waals surface area contributed by atoms with E-state index < -0.39 is 0 Å². The Morgan fingerprint density at radius 3 is 2.65 bits per heavy atom. The summed E-state index contributed by atoms with van der Waals surface area (Å²) in [5.74, 6) is 2.62. The number of aromatic nitrogens is 3. The first-order valence-corrected chi connectivity index (χ1v) is 6.99. The minimum absolute atomic E-state index is 0. The fraction of sp³-hybridized carbons (Fsp3) is 0.769. The smallest absolute Gasteiger partial charge is 0.191 e. The Kier molecular flexibility index (Phi) is 7.25. The summed E-state index contributed by atoms with van der Waals surface area (Å²) in [4.78, 5) is 8.45. The molecule has 0 aromatic carbocycles. The van der Waals surface area contributed by atoms with Gasteiger partial charge in [-0.15, -0.1) is 24.0 Å². The van der Waals surface area contributed by atoms with E-state index in [0.29, 0.717) is 12.6 Å². The average Bonchev–Trinajstić information content (AvgIpc) is 2.82. The van der Waals surface area contributed by atoms with Gasteiger partial charge in [-0.3, -0.25) is 9.67 Å². The van der Waals surface area contributed by atoms with E-state index in [2.05, 4.69) is 32.6 Å². The summed E-state index contributed by atoms with van der Waals surface area (Å²) in [5, 5.41) is 10.8. The molecule has 0 aliphatic heterocycles. The Hall–Kier alpha value is -0.860. The van der Waals surface area contributed by atoms with Crippen molar-refractivity contribution in [2.24, 2.45) is 18.0 Å². The topological polar surface area (TPSA) is 67.1 Å². The van der Waals surface area contributed by atoms with Gasteiger partial charge in [-0.1, -0.05) is 6.92 Å². The molecule has 0 unspecified atom stereocenters. The first-order chi connectivity index (χ1) is 9.19. The summed E-state index contributed by atoms with van der Waals surface area (Å²) in [7, 11) is 3.69. The molecular weight excluding hydrogens is 367 g/mol. The molecule has 1 aromatic heterocycles. The minimum atomic E-state index is 0. The van der Waals surface area contributed by atoms with Crippen molar-refractivity contribution in [3.8, 4) is 0 Å². The van der Waals surface area contributed by atoms with Crippen LogP contribution < -0.4 is 10.6 Å². The number of rotatable bonds is 3. The number of hydrogen-bond acceptors (Lipinski definition) is 3. The van der Waals surface area contributed by atoms with Crippen molar-refractivity contribution in [3.05, 3.63) is 12.2 Å². The molecule has 0 radical (unpaired) electrons. The van der Waals surface area contributed by atoms with Crippen LogP contribution in [0.3, 0.4) is 0 Å². The van der Waals surface area contributed by atoms with Gasteiger partial charge >= 0.3 is 0 Å². The second-order valence-electron chi connectivity index (χ2n) is 5.33. The van der Waals surface area contributed by atoms with Crippen LogP contribution in [0.15, 0.2) is 11.3 Å². The molecular formula is C13H25IN6. The molecule has 0 atom stereocenters. The number of nitrogens with one attached hydrogen (secondary N) is 2. The van der Waals surface area contributed by atoms with E-state index in [1.165, 1.54) is 25.7 Å². The van der Waals surface area contributed by atoms with Crippen LogP contribution in [0.4, 0.5) is 0 Å². The van der Waals surface area contributed by atoms with Gasteiger partial charge in [0.15, 0.2) is 5.96 Å². The SMILES string of the molecule is CN=C(NCc1ncnn1C)NC1CCC(C)CC1.I. The molecule has 114 valence electrons. The van der Waals surface area contributed by atoms with Crippen LogP contribution in [-0.4, -0.2) is 33.8 Å². The zero-order valence-corrected chi connectivity index (χ0v) is 14.8. The van der Waals surface area contributed by atoms with Crippen molar-refractivity contribution < 1.29 is 0 Å². The Labute approximate surface area is 137 Å². The molecule has 0 saturated heterocycles. The summed E-state index contributed by atoms with van der Waals surface area (Å²) < 4.78 is 1.77. The number of halogens is 1. The van der Waals surface area contributed by atoms with Gasteiger partial charge in [0.05, 0.1) is 6.54 Å². The quantitative estimate of drug-likeness (QED) is 0.467. The first kappa shape index (κ1) is 17.2. The number of hydrogen-bond donors (Lipinski definition) is 2. The maximum Gasteiger partial charge on any atom is 0.191 e. The Morgan fingerprint density at radius 2 is 2.10 bits per heavy atom. The van der Waals surface area contributed by atoms with Gasteiger partial charge in [-0.05, 0) is 31.6 Å². The van der Waals surface area contributed by atoms with E-state index in [1.807, 2.05) is 7.05 Å². The maximum atomic E-state index is 4.27. The van der Waals surface area contributed by atoms with Gasteiger partial charge in [0.2, 0.25) is 0 Å². The van der Waals surface area contributed by atoms with Crippen molar-refractivity contribution in [2.75, 3.05) is 7.05 Å². The lowest BCUT2D eigenvalue weighted by Gasteiger charge is -2.28. The van der Waals surface area contributed by atoms with Crippen LogP contribution in [0, 0.1) is 5.92 Å². The predicted octanol–water partition coefficient (Wildman–Crippen LogP) is 1.68. The number of nitrogens with zero attached hydrogens (tertiary/aromatic N) is 4. The van der Waals surface area contributed by atoms with E-state index in [9.17, 15) is 0 Å². The number of guanidine groups is 1. The van der Waals surface area contributed by atoms with Gasteiger partial charge in [0.25, 0.3) is 0 Å². The van der Waals surface area contributed by atoms with Crippen LogP contribution in [0.5, 0.6) is 0 Å². The fourth-order valence-corrected chi connectivity index (χ4v) is 2.44. The Balaban J connectivity index is 0.00000200. The predicted molar refractivity (Wildman–Crippen MR) is 91.2 cm³/mol. The Bertz CT molecular complexity index is 422. The molecule has 2 rings (SSSR count). The second kappa shape index (κ2) is 8.43. The van der Waals surface area contributed by atoms with Crippen molar-refractivity contribution in [3.63, 3.8) is 0 Å². The van der Waals surface area contributed by atoms with E-state index >= 15 is 0 Å². The molecule has 1 saturated carbocycles. The van der Waals surface area contributed by atoms with Gasteiger partial charge in [-0.2, -0.15) is 5.10 Å². The third-order valence-corrected chi connectivity index (χ3v) is 3.80. The molecule has 2 N–H and O–H groups in total. The summed E-state index contributed by atoms with van der Waals surface area (Å²) >= 11 is 0. The highest BCUT2D eigenvalue weighted by Crippen LogP contribution is 2.23. The molecule has 0 bridgehead atoms. The Morgan fingerprint density at radius 1 is 1.40 bits per heavy atom. The van der Waals surface area contributed by atoms with Crippen molar-refractivity contribution >= 4 is 29.9 Å². The molecule has 1 aromatic rings. The average molecular weight is 392 g/mol. The van der Waals surface area contributed by atoms with E-state index in [4.69, 9.17) is 0 Å². The molecule has 6 nitrogen and oxygen atoms in total. The number of aliphatic imine (C=N–C) groups is 1. The maximum absolute atomic E-state index is 4.27. The summed E-state index contributed by atoms with van der Waals surface area (Å²) in [6.07, 6.45) is 6.63. The lowest BCUT2D eigenvalue weighted by Crippen LogP contribution is -2.44. The van der Waals surface area contributed by atoms with Gasteiger partial charge < -0.3 is 10.6 Å². The first-order valence-electron chi connectivity index (χ1n) is 6.99. The van der Waals surface area contributed by atoms with Crippen LogP contribution >= 0.6 is 24.0 Å². The molecule has 1 fully saturated rings. The summed E-state index contributed by atoms with van der Waals surface area (Å²) in [5.41, 5.74) is 0. The summed E-state index contributed by atoms with van der Waals surface area (Å²) in [6, 6.07) is 0.543. The van der Waals surface area contributed by atoms with E-state index in [0.717, 1.165) is 17.7 Å². The van der Waals surface area contributed by atoms with E-state index in [1.54, 1.807) is 18.1 Å². The zero-order chi connectivity index (χ0) is 13.7. The molecule has 1 heterocycles. The largest absolute Gasteiger partial charge is 0.354 e. The zero-order valence-electron chi connectivity index (χ0n) is 12.5. The lowest BCUT2D eigenvalue weighted by molar-refractivity contribution is 0.329. The van der Waals surface area contributed by atoms with Crippen LogP contribution in [0.1, 0.15) is 38.4 Å². The molecule has 0 amide bonds.